The lowest BCUT2D eigenvalue weighted by Crippen LogP contribution is -2.50. The van der Waals surface area contributed by atoms with Gasteiger partial charge in [-0.3, -0.25) is 9.10 Å². The zero-order valence-electron chi connectivity index (χ0n) is 16.9. The van der Waals surface area contributed by atoms with Gasteiger partial charge in [-0.25, -0.2) is 8.42 Å². The van der Waals surface area contributed by atoms with Gasteiger partial charge in [0, 0.05) is 11.6 Å². The number of fused-ring (bicyclic) bond motifs is 1. The van der Waals surface area contributed by atoms with Gasteiger partial charge in [0.25, 0.3) is 5.91 Å². The first kappa shape index (κ1) is 21.5. The highest BCUT2D eigenvalue weighted by atomic mass is 35.5. The molecule has 0 saturated heterocycles. The van der Waals surface area contributed by atoms with Gasteiger partial charge < -0.3 is 10.1 Å². The summed E-state index contributed by atoms with van der Waals surface area (Å²) in [4.78, 5) is 12.7. The van der Waals surface area contributed by atoms with Gasteiger partial charge in [0.2, 0.25) is 10.0 Å². The molecule has 3 rings (SSSR count). The Morgan fingerprint density at radius 2 is 1.93 bits per heavy atom. The first-order chi connectivity index (χ1) is 13.5. The summed E-state index contributed by atoms with van der Waals surface area (Å²) < 4.78 is 31.9. The number of nitrogens with zero attached hydrogens (tertiary/aromatic N) is 1. The highest BCUT2D eigenvalue weighted by Gasteiger charge is 2.35. The number of amides is 1. The number of ether oxygens (including phenoxy) is 1. The number of carbonyl (C=O) groups excluding carboxylic acids is 1. The molecule has 2 aromatic carbocycles. The van der Waals surface area contributed by atoms with Crippen molar-refractivity contribution in [3.63, 3.8) is 0 Å². The van der Waals surface area contributed by atoms with Crippen molar-refractivity contribution in [1.29, 1.82) is 0 Å². The maximum absolute atomic E-state index is 12.7. The van der Waals surface area contributed by atoms with Gasteiger partial charge in [-0.05, 0) is 34.7 Å². The van der Waals surface area contributed by atoms with E-state index in [1.165, 1.54) is 4.31 Å². The molecule has 2 aromatic rings. The topological polar surface area (TPSA) is 75.7 Å². The van der Waals surface area contributed by atoms with E-state index in [1.807, 2.05) is 51.1 Å². The predicted octanol–water partition coefficient (Wildman–Crippen LogP) is 3.48. The Bertz CT molecular complexity index is 1030. The molecule has 156 valence electrons. The van der Waals surface area contributed by atoms with E-state index in [4.69, 9.17) is 16.3 Å². The minimum Gasteiger partial charge on any atom is -0.476 e. The third-order valence-electron chi connectivity index (χ3n) is 4.80. The van der Waals surface area contributed by atoms with Crippen LogP contribution in [0.2, 0.25) is 5.02 Å². The SMILES string of the molecule is CC(C)(C)c1ccc2c(c1)N(S(C)(=O)=O)C[C@H](C(=O)NCc1ccccc1Cl)O2. The Kier molecular flexibility index (Phi) is 5.83. The molecule has 0 radical (unpaired) electrons. The standard InChI is InChI=1S/C21H25ClN2O4S/c1-21(2,3)15-9-10-18-17(11-15)24(29(4,26)27)13-19(28-18)20(25)23-12-14-7-5-6-8-16(14)22/h5-11,19H,12-13H2,1-4H3,(H,23,25)/t19-/m1/s1. The zero-order valence-corrected chi connectivity index (χ0v) is 18.5. The lowest BCUT2D eigenvalue weighted by Gasteiger charge is -2.35. The molecule has 0 spiro atoms. The Hall–Kier alpha value is -2.25. The van der Waals surface area contributed by atoms with Crippen LogP contribution < -0.4 is 14.4 Å². The fourth-order valence-electron chi connectivity index (χ4n) is 3.11. The minimum atomic E-state index is -3.59. The van der Waals surface area contributed by atoms with E-state index in [-0.39, 0.29) is 18.5 Å². The van der Waals surface area contributed by atoms with E-state index in [0.717, 1.165) is 17.4 Å². The summed E-state index contributed by atoms with van der Waals surface area (Å²) in [6.07, 6.45) is 0.171. The molecule has 0 bridgehead atoms. The molecule has 0 fully saturated rings. The summed E-state index contributed by atoms with van der Waals surface area (Å²) in [5.74, 6) is -0.0308. The fraction of sp³-hybridized carbons (Fsp3) is 0.381. The highest BCUT2D eigenvalue weighted by Crippen LogP contribution is 2.38. The van der Waals surface area contributed by atoms with E-state index in [2.05, 4.69) is 5.32 Å². The largest absolute Gasteiger partial charge is 0.476 e. The fourth-order valence-corrected chi connectivity index (χ4v) is 4.22. The van der Waals surface area contributed by atoms with E-state index >= 15 is 0 Å². The van der Waals surface area contributed by atoms with Crippen molar-refractivity contribution < 1.29 is 17.9 Å². The summed E-state index contributed by atoms with van der Waals surface area (Å²) in [5.41, 5.74) is 2.06. The van der Waals surface area contributed by atoms with Crippen LogP contribution in [0.5, 0.6) is 5.75 Å². The van der Waals surface area contributed by atoms with Crippen molar-refractivity contribution >= 4 is 33.2 Å². The quantitative estimate of drug-likeness (QED) is 0.796. The smallest absolute Gasteiger partial charge is 0.263 e. The van der Waals surface area contributed by atoms with Gasteiger partial charge in [0.05, 0.1) is 18.5 Å². The number of anilines is 1. The van der Waals surface area contributed by atoms with E-state index in [9.17, 15) is 13.2 Å². The third kappa shape index (κ3) is 4.85. The normalized spacial score (nSPS) is 16.7. The molecule has 0 aliphatic carbocycles. The third-order valence-corrected chi connectivity index (χ3v) is 6.31. The predicted molar refractivity (Wildman–Crippen MR) is 115 cm³/mol. The second-order valence-corrected chi connectivity index (χ2v) is 10.5. The molecule has 1 aliphatic rings. The Labute approximate surface area is 176 Å². The first-order valence-electron chi connectivity index (χ1n) is 9.27. The molecule has 8 heteroatoms. The molecule has 0 saturated carbocycles. The van der Waals surface area contributed by atoms with Crippen LogP contribution in [0.15, 0.2) is 42.5 Å². The van der Waals surface area contributed by atoms with Crippen LogP contribution in [0.1, 0.15) is 31.9 Å². The van der Waals surface area contributed by atoms with Crippen molar-refractivity contribution in [2.75, 3.05) is 17.1 Å². The van der Waals surface area contributed by atoms with Gasteiger partial charge >= 0.3 is 0 Å². The molecule has 1 N–H and O–H groups in total. The average molecular weight is 437 g/mol. The number of rotatable bonds is 4. The number of benzene rings is 2. The molecule has 0 aromatic heterocycles. The Morgan fingerprint density at radius 3 is 2.55 bits per heavy atom. The van der Waals surface area contributed by atoms with Crippen LogP contribution in [0.25, 0.3) is 0 Å². The first-order valence-corrected chi connectivity index (χ1v) is 11.5. The van der Waals surface area contributed by atoms with Crippen LogP contribution in [0, 0.1) is 0 Å². The van der Waals surface area contributed by atoms with Crippen molar-refractivity contribution in [2.24, 2.45) is 0 Å². The maximum atomic E-state index is 12.7. The summed E-state index contributed by atoms with van der Waals surface area (Å²) in [5, 5.41) is 3.33. The van der Waals surface area contributed by atoms with Crippen LogP contribution >= 0.6 is 11.6 Å². The second kappa shape index (κ2) is 7.88. The monoisotopic (exact) mass is 436 g/mol. The zero-order chi connectivity index (χ0) is 21.4. The van der Waals surface area contributed by atoms with Crippen molar-refractivity contribution in [2.45, 2.75) is 38.8 Å². The molecule has 6 nitrogen and oxygen atoms in total. The molecule has 1 atom stereocenters. The van der Waals surface area contributed by atoms with Gasteiger partial charge in [0.1, 0.15) is 5.75 Å². The molecular formula is C21H25ClN2O4S. The number of sulfonamides is 1. The lowest BCUT2D eigenvalue weighted by molar-refractivity contribution is -0.127. The molecular weight excluding hydrogens is 412 g/mol. The number of nitrogens with one attached hydrogen (secondary N) is 1. The number of carbonyl (C=O) groups is 1. The van der Waals surface area contributed by atoms with Crippen LogP contribution in [0.3, 0.4) is 0 Å². The van der Waals surface area contributed by atoms with Crippen molar-refractivity contribution in [3.05, 3.63) is 58.6 Å². The van der Waals surface area contributed by atoms with Crippen LogP contribution in [0.4, 0.5) is 5.69 Å². The Balaban J connectivity index is 1.85. The molecule has 0 unspecified atom stereocenters. The molecule has 1 heterocycles. The lowest BCUT2D eigenvalue weighted by atomic mass is 9.86. The van der Waals surface area contributed by atoms with Crippen molar-refractivity contribution in [3.8, 4) is 5.75 Å². The number of hydrogen-bond donors (Lipinski definition) is 1. The average Bonchev–Trinajstić information content (AvgIpc) is 2.64. The summed E-state index contributed by atoms with van der Waals surface area (Å²) in [6.45, 7) is 6.29. The highest BCUT2D eigenvalue weighted by molar-refractivity contribution is 7.92. The van der Waals surface area contributed by atoms with Gasteiger partial charge in [0.15, 0.2) is 6.10 Å². The molecule has 1 amide bonds. The Morgan fingerprint density at radius 1 is 1.24 bits per heavy atom. The molecule has 1 aliphatic heterocycles. The van der Waals surface area contributed by atoms with Gasteiger partial charge in [-0.2, -0.15) is 0 Å². The molecule has 29 heavy (non-hydrogen) atoms. The van der Waals surface area contributed by atoms with Gasteiger partial charge in [-0.15, -0.1) is 0 Å². The van der Waals surface area contributed by atoms with Crippen LogP contribution in [-0.4, -0.2) is 33.2 Å². The van der Waals surface area contributed by atoms with E-state index in [0.29, 0.717) is 16.5 Å². The minimum absolute atomic E-state index is 0.0895. The number of halogens is 1. The second-order valence-electron chi connectivity index (χ2n) is 8.14. The van der Waals surface area contributed by atoms with E-state index in [1.54, 1.807) is 12.1 Å². The summed E-state index contributed by atoms with van der Waals surface area (Å²) in [6, 6.07) is 12.6. The van der Waals surface area contributed by atoms with E-state index < -0.39 is 22.0 Å². The summed E-state index contributed by atoms with van der Waals surface area (Å²) in [7, 11) is -3.59. The summed E-state index contributed by atoms with van der Waals surface area (Å²) >= 11 is 6.12. The maximum Gasteiger partial charge on any atom is 0.263 e. The van der Waals surface area contributed by atoms with Gasteiger partial charge in [-0.1, -0.05) is 56.6 Å². The van der Waals surface area contributed by atoms with Crippen molar-refractivity contribution in [1.82, 2.24) is 5.32 Å². The van der Waals surface area contributed by atoms with Crippen LogP contribution in [-0.2, 0) is 26.8 Å². The number of hydrogen-bond acceptors (Lipinski definition) is 4.